The minimum Gasteiger partial charge on any atom is -0.496 e. The number of carbonyl (C=O) groups is 1. The summed E-state index contributed by atoms with van der Waals surface area (Å²) in [6.45, 7) is 3.11. The Morgan fingerprint density at radius 3 is 2.69 bits per heavy atom. The van der Waals surface area contributed by atoms with Crippen molar-refractivity contribution >= 4 is 16.8 Å². The highest BCUT2D eigenvalue weighted by Gasteiger charge is 2.27. The number of aromatic nitrogens is 1. The van der Waals surface area contributed by atoms with Crippen LogP contribution in [0.4, 0.5) is 0 Å². The molecule has 4 aromatic rings. The fourth-order valence-electron chi connectivity index (χ4n) is 4.55. The lowest BCUT2D eigenvalue weighted by Gasteiger charge is -2.24. The van der Waals surface area contributed by atoms with Crippen molar-refractivity contribution in [1.29, 1.82) is 0 Å². The lowest BCUT2D eigenvalue weighted by atomic mass is 9.87. The molecule has 1 atom stereocenters. The number of hydrogen-bond acceptors (Lipinski definition) is 6. The van der Waals surface area contributed by atoms with Gasteiger partial charge in [-0.15, -0.1) is 0 Å². The first-order valence-electron chi connectivity index (χ1n) is 11.5. The minimum atomic E-state index is -0.303. The number of aromatic amines is 1. The maximum Gasteiger partial charge on any atom is 0.221 e. The third kappa shape index (κ3) is 4.51. The average molecular weight is 477 g/mol. The molecule has 0 spiro atoms. The zero-order valence-corrected chi connectivity index (χ0v) is 20.0. The van der Waals surface area contributed by atoms with Gasteiger partial charge in [-0.2, -0.15) is 0 Å². The quantitative estimate of drug-likeness (QED) is 0.383. The summed E-state index contributed by atoms with van der Waals surface area (Å²) in [4.78, 5) is 16.5. The fraction of sp³-hybridized carbons (Fsp3) is 0.296. The van der Waals surface area contributed by atoms with Gasteiger partial charge in [-0.1, -0.05) is 6.07 Å². The molecule has 0 radical (unpaired) electrons. The van der Waals surface area contributed by atoms with Gasteiger partial charge in [0.15, 0.2) is 11.5 Å². The van der Waals surface area contributed by atoms with Crippen LogP contribution in [0, 0.1) is 6.92 Å². The molecule has 0 bridgehead atoms. The number of hydrogen-bond donors (Lipinski definition) is 2. The molecular formula is C27H28N2O6. The third-order valence-corrected chi connectivity index (χ3v) is 6.19. The van der Waals surface area contributed by atoms with Gasteiger partial charge in [-0.25, -0.2) is 0 Å². The molecule has 1 aliphatic rings. The van der Waals surface area contributed by atoms with E-state index in [1.807, 2.05) is 55.6 Å². The number of rotatable bonds is 8. The lowest BCUT2D eigenvalue weighted by Crippen LogP contribution is -2.25. The molecule has 1 amide bonds. The summed E-state index contributed by atoms with van der Waals surface area (Å²) in [5.41, 5.74) is 2.75. The normalized spacial score (nSPS) is 13.5. The summed E-state index contributed by atoms with van der Waals surface area (Å²) in [6.07, 6.45) is 2.14. The number of H-pyrrole nitrogens is 1. The van der Waals surface area contributed by atoms with E-state index in [1.165, 1.54) is 0 Å². The summed E-state index contributed by atoms with van der Waals surface area (Å²) in [7, 11) is 3.24. The smallest absolute Gasteiger partial charge is 0.221 e. The molecular weight excluding hydrogens is 448 g/mol. The molecule has 1 unspecified atom stereocenters. The van der Waals surface area contributed by atoms with Crippen molar-refractivity contribution in [3.8, 4) is 23.0 Å². The standard InChI is InChI=1S/C27H28N2O6/c1-16-7-8-18(35-16)14-29-25(30)13-19(20-15-28-21-5-4-6-22(31-2)26(20)21)17-11-23(32-3)27-24(12-17)33-9-10-34-27/h4-8,11-12,15,19,28H,9-10,13-14H2,1-3H3,(H,29,30). The first-order valence-corrected chi connectivity index (χ1v) is 11.5. The van der Waals surface area contributed by atoms with Crippen LogP contribution in [-0.4, -0.2) is 38.3 Å². The molecule has 0 saturated carbocycles. The largest absolute Gasteiger partial charge is 0.496 e. The minimum absolute atomic E-state index is 0.109. The van der Waals surface area contributed by atoms with Crippen LogP contribution in [0.1, 0.15) is 35.0 Å². The van der Waals surface area contributed by atoms with Gasteiger partial charge in [0.1, 0.15) is 30.5 Å². The van der Waals surface area contributed by atoms with E-state index in [2.05, 4.69) is 10.3 Å². The number of furan rings is 1. The Kier molecular flexibility index (Phi) is 6.27. The van der Waals surface area contributed by atoms with Crippen molar-refractivity contribution in [1.82, 2.24) is 10.3 Å². The van der Waals surface area contributed by atoms with Gasteiger partial charge in [0.25, 0.3) is 0 Å². The molecule has 8 heteroatoms. The average Bonchev–Trinajstić information content (AvgIpc) is 3.51. The van der Waals surface area contributed by atoms with Gasteiger partial charge in [0.2, 0.25) is 11.7 Å². The van der Waals surface area contributed by atoms with Gasteiger partial charge < -0.3 is 33.7 Å². The lowest BCUT2D eigenvalue weighted by molar-refractivity contribution is -0.121. The van der Waals surface area contributed by atoms with Crippen LogP contribution in [0.25, 0.3) is 10.9 Å². The van der Waals surface area contributed by atoms with Gasteiger partial charge in [0.05, 0.1) is 20.8 Å². The third-order valence-electron chi connectivity index (χ3n) is 6.19. The van der Waals surface area contributed by atoms with Crippen molar-refractivity contribution in [2.75, 3.05) is 27.4 Å². The maximum atomic E-state index is 13.2. The van der Waals surface area contributed by atoms with E-state index in [0.717, 1.165) is 33.5 Å². The predicted molar refractivity (Wildman–Crippen MR) is 131 cm³/mol. The first-order chi connectivity index (χ1) is 17.1. The van der Waals surface area contributed by atoms with Gasteiger partial charge >= 0.3 is 0 Å². The summed E-state index contributed by atoms with van der Waals surface area (Å²) >= 11 is 0. The van der Waals surface area contributed by atoms with Gasteiger partial charge in [-0.3, -0.25) is 4.79 Å². The molecule has 1 aliphatic heterocycles. The van der Waals surface area contributed by atoms with Crippen LogP contribution >= 0.6 is 0 Å². The highest BCUT2D eigenvalue weighted by molar-refractivity contribution is 5.91. The summed E-state index contributed by atoms with van der Waals surface area (Å²) in [5.74, 6) is 3.60. The number of aryl methyl sites for hydroxylation is 1. The Labute approximate surface area is 203 Å². The SMILES string of the molecule is COc1cc(C(CC(=O)NCc2ccc(C)o2)c2c[nH]c3cccc(OC)c23)cc2c1OCCO2. The van der Waals surface area contributed by atoms with Crippen molar-refractivity contribution in [3.05, 3.63) is 71.3 Å². The second kappa shape index (κ2) is 9.66. The predicted octanol–water partition coefficient (Wildman–Crippen LogP) is 4.70. The number of methoxy groups -OCH3 is 2. The summed E-state index contributed by atoms with van der Waals surface area (Å²) in [5, 5.41) is 3.91. The molecule has 0 aliphatic carbocycles. The number of benzene rings is 2. The maximum absolute atomic E-state index is 13.2. The summed E-state index contributed by atoms with van der Waals surface area (Å²) in [6, 6.07) is 13.4. The number of ether oxygens (including phenoxy) is 4. The fourth-order valence-corrected chi connectivity index (χ4v) is 4.55. The Bertz CT molecular complexity index is 1340. The molecule has 8 nitrogen and oxygen atoms in total. The Balaban J connectivity index is 1.54. The molecule has 2 N–H and O–H groups in total. The Morgan fingerprint density at radius 1 is 1.09 bits per heavy atom. The van der Waals surface area contributed by atoms with Crippen LogP contribution in [0.15, 0.2) is 53.1 Å². The highest BCUT2D eigenvalue weighted by Crippen LogP contribution is 2.45. The zero-order valence-electron chi connectivity index (χ0n) is 20.0. The topological polar surface area (TPSA) is 95.0 Å². The van der Waals surface area contributed by atoms with E-state index in [-0.39, 0.29) is 18.2 Å². The van der Waals surface area contributed by atoms with E-state index in [1.54, 1.807) is 14.2 Å². The monoisotopic (exact) mass is 476 g/mol. The summed E-state index contributed by atoms with van der Waals surface area (Å²) < 4.78 is 28.5. The van der Waals surface area contributed by atoms with Crippen LogP contribution < -0.4 is 24.3 Å². The number of fused-ring (bicyclic) bond motifs is 2. The van der Waals surface area contributed by atoms with E-state index in [0.29, 0.717) is 42.8 Å². The molecule has 5 rings (SSSR count). The zero-order chi connectivity index (χ0) is 24.4. The molecule has 35 heavy (non-hydrogen) atoms. The molecule has 2 aromatic carbocycles. The molecule has 0 fully saturated rings. The van der Waals surface area contributed by atoms with Crippen molar-refractivity contribution in [3.63, 3.8) is 0 Å². The highest BCUT2D eigenvalue weighted by atomic mass is 16.6. The van der Waals surface area contributed by atoms with Crippen LogP contribution in [0.5, 0.6) is 23.0 Å². The van der Waals surface area contributed by atoms with E-state index < -0.39 is 0 Å². The van der Waals surface area contributed by atoms with Crippen LogP contribution in [0.3, 0.4) is 0 Å². The molecule has 3 heterocycles. The number of amides is 1. The van der Waals surface area contributed by atoms with E-state index in [4.69, 9.17) is 23.4 Å². The van der Waals surface area contributed by atoms with E-state index >= 15 is 0 Å². The van der Waals surface area contributed by atoms with Crippen molar-refractivity contribution in [2.45, 2.75) is 25.8 Å². The van der Waals surface area contributed by atoms with Gasteiger partial charge in [0, 0.05) is 29.4 Å². The van der Waals surface area contributed by atoms with Crippen LogP contribution in [0.2, 0.25) is 0 Å². The Hall–Kier alpha value is -4.07. The van der Waals surface area contributed by atoms with Gasteiger partial charge in [-0.05, 0) is 54.4 Å². The molecule has 2 aromatic heterocycles. The second-order valence-electron chi connectivity index (χ2n) is 8.42. The van der Waals surface area contributed by atoms with Crippen molar-refractivity contribution < 1.29 is 28.2 Å². The number of carbonyl (C=O) groups excluding carboxylic acids is 1. The Morgan fingerprint density at radius 2 is 1.91 bits per heavy atom. The second-order valence-corrected chi connectivity index (χ2v) is 8.42. The van der Waals surface area contributed by atoms with Crippen molar-refractivity contribution in [2.24, 2.45) is 0 Å². The van der Waals surface area contributed by atoms with Crippen LogP contribution in [-0.2, 0) is 11.3 Å². The van der Waals surface area contributed by atoms with E-state index in [9.17, 15) is 4.79 Å². The first kappa shape index (κ1) is 22.7. The molecule has 0 saturated heterocycles. The number of nitrogens with one attached hydrogen (secondary N) is 2. The molecule has 182 valence electrons.